The van der Waals surface area contributed by atoms with Crippen LogP contribution < -0.4 is 5.73 Å². The van der Waals surface area contributed by atoms with Gasteiger partial charge in [-0.2, -0.15) is 0 Å². The summed E-state index contributed by atoms with van der Waals surface area (Å²) in [4.78, 5) is 0.849. The van der Waals surface area contributed by atoms with Crippen molar-refractivity contribution in [3.8, 4) is 0 Å². The second-order valence-electron chi connectivity index (χ2n) is 3.86. The maximum absolute atomic E-state index is 13.0. The zero-order chi connectivity index (χ0) is 13.0. The summed E-state index contributed by atoms with van der Waals surface area (Å²) in [5, 5.41) is 0. The predicted octanol–water partition coefficient (Wildman–Crippen LogP) is 3.72. The lowest BCUT2D eigenvalue weighted by molar-refractivity contribution is 0.624. The quantitative estimate of drug-likeness (QED) is 0.853. The van der Waals surface area contributed by atoms with Crippen molar-refractivity contribution in [2.75, 3.05) is 0 Å². The third-order valence-corrected chi connectivity index (χ3v) is 3.62. The second-order valence-corrected chi connectivity index (χ2v) is 4.91. The van der Waals surface area contributed by atoms with Gasteiger partial charge in [-0.1, -0.05) is 12.1 Å². The van der Waals surface area contributed by atoms with Crippen molar-refractivity contribution in [1.29, 1.82) is 0 Å². The van der Waals surface area contributed by atoms with Gasteiger partial charge in [0.2, 0.25) is 0 Å². The number of nitrogens with two attached hydrogens (primary N) is 1. The Bertz CT molecular complexity index is 543. The summed E-state index contributed by atoms with van der Waals surface area (Å²) in [6.45, 7) is 0.302. The van der Waals surface area contributed by atoms with Crippen LogP contribution in [0.15, 0.2) is 47.4 Å². The summed E-state index contributed by atoms with van der Waals surface area (Å²) in [5.41, 5.74) is 7.35. The molecule has 2 rings (SSSR count). The van der Waals surface area contributed by atoms with E-state index in [-0.39, 0.29) is 11.6 Å². The minimum Gasteiger partial charge on any atom is -0.326 e. The molecule has 0 aliphatic carbocycles. The van der Waals surface area contributed by atoms with Gasteiger partial charge in [-0.25, -0.2) is 8.78 Å². The van der Waals surface area contributed by atoms with E-state index in [0.29, 0.717) is 12.3 Å². The molecule has 0 aliphatic rings. The minimum absolute atomic E-state index is 0.252. The molecule has 0 saturated carbocycles. The smallest absolute Gasteiger partial charge is 0.124 e. The molecule has 94 valence electrons. The van der Waals surface area contributed by atoms with Gasteiger partial charge < -0.3 is 5.73 Å². The summed E-state index contributed by atoms with van der Waals surface area (Å²) in [6, 6.07) is 11.0. The number of hydrogen-bond donors (Lipinski definition) is 1. The number of thioether (sulfide) groups is 1. The monoisotopic (exact) mass is 265 g/mol. The Balaban J connectivity index is 2.10. The van der Waals surface area contributed by atoms with E-state index < -0.39 is 0 Å². The molecule has 0 unspecified atom stereocenters. The molecule has 0 radical (unpaired) electrons. The Labute approximate surface area is 109 Å². The average Bonchev–Trinajstić information content (AvgIpc) is 2.37. The molecule has 0 bridgehead atoms. The zero-order valence-electron chi connectivity index (χ0n) is 9.70. The van der Waals surface area contributed by atoms with Crippen LogP contribution in [-0.4, -0.2) is 0 Å². The molecule has 0 atom stereocenters. The second kappa shape index (κ2) is 5.98. The van der Waals surface area contributed by atoms with E-state index in [1.165, 1.54) is 36.0 Å². The van der Waals surface area contributed by atoms with Crippen LogP contribution in [-0.2, 0) is 12.3 Å². The van der Waals surface area contributed by atoms with E-state index >= 15 is 0 Å². The Hall–Kier alpha value is -1.39. The fourth-order valence-electron chi connectivity index (χ4n) is 1.64. The van der Waals surface area contributed by atoms with Crippen molar-refractivity contribution < 1.29 is 8.78 Å². The Morgan fingerprint density at radius 1 is 0.944 bits per heavy atom. The van der Waals surface area contributed by atoms with E-state index in [0.717, 1.165) is 16.0 Å². The van der Waals surface area contributed by atoms with Crippen LogP contribution >= 0.6 is 11.8 Å². The maximum atomic E-state index is 13.0. The van der Waals surface area contributed by atoms with Crippen LogP contribution in [0.25, 0.3) is 0 Å². The Morgan fingerprint density at radius 3 is 2.44 bits per heavy atom. The lowest BCUT2D eigenvalue weighted by Gasteiger charge is -2.07. The molecule has 0 aromatic heterocycles. The lowest BCUT2D eigenvalue weighted by Crippen LogP contribution is -2.01. The highest BCUT2D eigenvalue weighted by Gasteiger charge is 2.04. The van der Waals surface area contributed by atoms with Crippen LogP contribution in [0.4, 0.5) is 8.78 Å². The molecule has 4 heteroatoms. The van der Waals surface area contributed by atoms with Crippen molar-refractivity contribution in [3.05, 3.63) is 65.2 Å². The van der Waals surface area contributed by atoms with Crippen molar-refractivity contribution >= 4 is 11.8 Å². The van der Waals surface area contributed by atoms with E-state index in [1.54, 1.807) is 12.1 Å². The first-order valence-corrected chi connectivity index (χ1v) is 6.53. The molecular weight excluding hydrogens is 252 g/mol. The van der Waals surface area contributed by atoms with Crippen molar-refractivity contribution in [1.82, 2.24) is 0 Å². The number of rotatable bonds is 4. The van der Waals surface area contributed by atoms with E-state index in [4.69, 9.17) is 5.73 Å². The molecule has 2 aromatic rings. The first kappa shape index (κ1) is 13.1. The molecule has 2 aromatic carbocycles. The largest absolute Gasteiger partial charge is 0.326 e. The van der Waals surface area contributed by atoms with Crippen LogP contribution in [0.2, 0.25) is 0 Å². The van der Waals surface area contributed by atoms with Gasteiger partial charge in [0.05, 0.1) is 0 Å². The SMILES string of the molecule is NCc1cc(F)ccc1CSc1cccc(F)c1. The molecule has 0 heterocycles. The minimum atomic E-state index is -0.282. The Morgan fingerprint density at radius 2 is 1.72 bits per heavy atom. The van der Waals surface area contributed by atoms with E-state index in [9.17, 15) is 8.78 Å². The van der Waals surface area contributed by atoms with Crippen molar-refractivity contribution in [3.63, 3.8) is 0 Å². The average molecular weight is 265 g/mol. The fourth-order valence-corrected chi connectivity index (χ4v) is 2.62. The summed E-state index contributed by atoms with van der Waals surface area (Å²) >= 11 is 1.51. The third kappa shape index (κ3) is 3.31. The maximum Gasteiger partial charge on any atom is 0.124 e. The van der Waals surface area contributed by atoms with Crippen LogP contribution in [0.1, 0.15) is 11.1 Å². The molecule has 18 heavy (non-hydrogen) atoms. The van der Waals surface area contributed by atoms with Gasteiger partial charge >= 0.3 is 0 Å². The van der Waals surface area contributed by atoms with E-state index in [2.05, 4.69) is 0 Å². The molecule has 0 aliphatic heterocycles. The van der Waals surface area contributed by atoms with Crippen molar-refractivity contribution in [2.24, 2.45) is 5.73 Å². The van der Waals surface area contributed by atoms with Gasteiger partial charge in [-0.15, -0.1) is 11.8 Å². The third-order valence-electron chi connectivity index (χ3n) is 2.58. The highest BCUT2D eigenvalue weighted by Crippen LogP contribution is 2.25. The van der Waals surface area contributed by atoms with Gasteiger partial charge in [0.15, 0.2) is 0 Å². The topological polar surface area (TPSA) is 26.0 Å². The number of benzene rings is 2. The first-order chi connectivity index (χ1) is 8.69. The van der Waals surface area contributed by atoms with Gasteiger partial charge in [-0.05, 0) is 41.5 Å². The van der Waals surface area contributed by atoms with Gasteiger partial charge in [0.1, 0.15) is 11.6 Å². The molecule has 2 N–H and O–H groups in total. The van der Waals surface area contributed by atoms with Gasteiger partial charge in [0.25, 0.3) is 0 Å². The highest BCUT2D eigenvalue weighted by molar-refractivity contribution is 7.98. The van der Waals surface area contributed by atoms with E-state index in [1.807, 2.05) is 6.07 Å². The number of hydrogen-bond acceptors (Lipinski definition) is 2. The molecular formula is C14H13F2NS. The lowest BCUT2D eigenvalue weighted by atomic mass is 10.1. The summed E-state index contributed by atoms with van der Waals surface area (Å²) in [5.74, 6) is 0.115. The molecule has 0 saturated heterocycles. The van der Waals surface area contributed by atoms with Crippen molar-refractivity contribution in [2.45, 2.75) is 17.2 Å². The van der Waals surface area contributed by atoms with Gasteiger partial charge in [0, 0.05) is 17.2 Å². The summed E-state index contributed by atoms with van der Waals surface area (Å²) in [6.07, 6.45) is 0. The molecule has 0 fully saturated rings. The number of halogens is 2. The van der Waals surface area contributed by atoms with Crippen LogP contribution in [0.3, 0.4) is 0 Å². The van der Waals surface area contributed by atoms with Crippen LogP contribution in [0.5, 0.6) is 0 Å². The fraction of sp³-hybridized carbons (Fsp3) is 0.143. The normalized spacial score (nSPS) is 10.6. The predicted molar refractivity (Wildman–Crippen MR) is 70.3 cm³/mol. The molecule has 0 spiro atoms. The highest BCUT2D eigenvalue weighted by atomic mass is 32.2. The zero-order valence-corrected chi connectivity index (χ0v) is 10.5. The molecule has 1 nitrogen and oxygen atoms in total. The standard InChI is InChI=1S/C14H13F2NS/c15-12-2-1-3-14(7-12)18-9-10-4-5-13(16)6-11(10)8-17/h1-7H,8-9,17H2. The van der Waals surface area contributed by atoms with Crippen LogP contribution in [0, 0.1) is 11.6 Å². The molecule has 0 amide bonds. The Kier molecular flexibility index (Phi) is 4.33. The summed E-state index contributed by atoms with van der Waals surface area (Å²) < 4.78 is 26.0. The summed E-state index contributed by atoms with van der Waals surface area (Å²) in [7, 11) is 0. The first-order valence-electron chi connectivity index (χ1n) is 5.55. The van der Waals surface area contributed by atoms with Gasteiger partial charge in [-0.3, -0.25) is 0 Å².